The molecule has 0 amide bonds. The highest BCUT2D eigenvalue weighted by Gasteiger charge is 2.34. The van der Waals surface area contributed by atoms with Gasteiger partial charge in [0.15, 0.2) is 10.8 Å². The summed E-state index contributed by atoms with van der Waals surface area (Å²) in [7, 11) is 0. The zero-order valence-corrected chi connectivity index (χ0v) is 15.4. The Bertz CT molecular complexity index is 776. The van der Waals surface area contributed by atoms with Crippen LogP contribution in [0.5, 0.6) is 0 Å². The predicted octanol–water partition coefficient (Wildman–Crippen LogP) is 3.97. The van der Waals surface area contributed by atoms with Gasteiger partial charge in [-0.05, 0) is 37.0 Å². The third-order valence-corrected chi connectivity index (χ3v) is 4.45. The van der Waals surface area contributed by atoms with Crippen molar-refractivity contribution in [2.24, 2.45) is 0 Å². The summed E-state index contributed by atoms with van der Waals surface area (Å²) in [4.78, 5) is 9.69. The van der Waals surface area contributed by atoms with Crippen molar-refractivity contribution in [3.8, 4) is 0 Å². The molecule has 0 aliphatic carbocycles. The Morgan fingerprint density at radius 3 is 2.44 bits per heavy atom. The number of hydrogen-bond donors (Lipinski definition) is 2. The van der Waals surface area contributed by atoms with Crippen molar-refractivity contribution < 1.29 is 13.2 Å². The van der Waals surface area contributed by atoms with Crippen molar-refractivity contribution in [3.63, 3.8) is 0 Å². The van der Waals surface area contributed by atoms with Crippen molar-refractivity contribution in [3.05, 3.63) is 47.7 Å². The highest BCUT2D eigenvalue weighted by Crippen LogP contribution is 2.31. The lowest BCUT2D eigenvalue weighted by atomic mass is 10.1. The first kappa shape index (κ1) is 19.3. The molecule has 1 aromatic carbocycles. The maximum absolute atomic E-state index is 13.2. The minimum absolute atomic E-state index is 0.157. The van der Waals surface area contributed by atoms with E-state index in [0.29, 0.717) is 19.6 Å². The van der Waals surface area contributed by atoms with Crippen LogP contribution in [0.2, 0.25) is 0 Å². The second-order valence-corrected chi connectivity index (χ2v) is 6.68. The Morgan fingerprint density at radius 1 is 1.07 bits per heavy atom. The van der Waals surface area contributed by atoms with Crippen LogP contribution in [-0.4, -0.2) is 28.2 Å². The maximum atomic E-state index is 13.2. The molecule has 0 spiro atoms. The van der Waals surface area contributed by atoms with E-state index in [-0.39, 0.29) is 16.9 Å². The molecule has 0 radical (unpaired) electrons. The molecule has 1 saturated heterocycles. The minimum atomic E-state index is -4.55. The van der Waals surface area contributed by atoms with Crippen LogP contribution in [-0.2, 0) is 12.7 Å². The van der Waals surface area contributed by atoms with E-state index in [1.165, 1.54) is 0 Å². The quantitative estimate of drug-likeness (QED) is 0.764. The predicted molar refractivity (Wildman–Crippen MR) is 103 cm³/mol. The number of aromatic nitrogens is 2. The number of piperidine rings is 1. The topological polar surface area (TPSA) is 53.1 Å². The molecule has 27 heavy (non-hydrogen) atoms. The summed E-state index contributed by atoms with van der Waals surface area (Å²) in [6.45, 7) is 1.82. The highest BCUT2D eigenvalue weighted by atomic mass is 32.1. The third-order valence-electron chi connectivity index (χ3n) is 4.20. The summed E-state index contributed by atoms with van der Waals surface area (Å²) in [6, 6.07) is 10.5. The molecule has 2 aromatic rings. The molecule has 9 heteroatoms. The van der Waals surface area contributed by atoms with Crippen molar-refractivity contribution in [2.45, 2.75) is 32.0 Å². The molecule has 0 unspecified atom stereocenters. The smallest absolute Gasteiger partial charge is 0.358 e. The van der Waals surface area contributed by atoms with Crippen LogP contribution in [0.15, 0.2) is 36.4 Å². The molecule has 3 rings (SSSR count). The van der Waals surface area contributed by atoms with Gasteiger partial charge in [0, 0.05) is 25.7 Å². The van der Waals surface area contributed by atoms with Gasteiger partial charge < -0.3 is 15.5 Å². The van der Waals surface area contributed by atoms with E-state index in [4.69, 9.17) is 12.2 Å². The van der Waals surface area contributed by atoms with Crippen LogP contribution >= 0.6 is 12.2 Å². The number of nitrogens with one attached hydrogen (secondary N) is 2. The summed E-state index contributed by atoms with van der Waals surface area (Å²) in [5.74, 6) is 0.112. The van der Waals surface area contributed by atoms with Gasteiger partial charge in [0.25, 0.3) is 0 Å². The lowest BCUT2D eigenvalue weighted by Crippen LogP contribution is -2.32. The van der Waals surface area contributed by atoms with Gasteiger partial charge in [-0.3, -0.25) is 0 Å². The van der Waals surface area contributed by atoms with Crippen molar-refractivity contribution in [1.29, 1.82) is 0 Å². The van der Waals surface area contributed by atoms with Gasteiger partial charge in [0.2, 0.25) is 5.95 Å². The van der Waals surface area contributed by atoms with Crippen LogP contribution in [0.3, 0.4) is 0 Å². The maximum Gasteiger partial charge on any atom is 0.433 e. The van der Waals surface area contributed by atoms with E-state index >= 15 is 0 Å². The molecule has 1 aliphatic rings. The van der Waals surface area contributed by atoms with Crippen molar-refractivity contribution in [1.82, 2.24) is 15.3 Å². The Hall–Kier alpha value is -2.42. The number of alkyl halides is 3. The Morgan fingerprint density at radius 2 is 1.78 bits per heavy atom. The number of thiocarbonyl (C=S) groups is 1. The fourth-order valence-electron chi connectivity index (χ4n) is 2.84. The summed E-state index contributed by atoms with van der Waals surface area (Å²) in [5, 5.41) is 5.79. The second-order valence-electron chi connectivity index (χ2n) is 6.27. The summed E-state index contributed by atoms with van der Waals surface area (Å²) >= 11 is 5.17. The first-order chi connectivity index (χ1) is 12.9. The van der Waals surface area contributed by atoms with Gasteiger partial charge in [0.05, 0.1) is 0 Å². The fraction of sp³-hybridized carbons (Fsp3) is 0.389. The molecule has 2 heterocycles. The van der Waals surface area contributed by atoms with Gasteiger partial charge in [-0.15, -0.1) is 0 Å². The Labute approximate surface area is 161 Å². The highest BCUT2D eigenvalue weighted by molar-refractivity contribution is 7.80. The monoisotopic (exact) mass is 395 g/mol. The summed E-state index contributed by atoms with van der Waals surface area (Å²) < 4.78 is 39.7. The minimum Gasteiger partial charge on any atom is -0.358 e. The Kier molecular flexibility index (Phi) is 6.10. The lowest BCUT2D eigenvalue weighted by molar-refractivity contribution is -0.141. The fourth-order valence-corrected chi connectivity index (χ4v) is 3.01. The molecular weight excluding hydrogens is 375 g/mol. The van der Waals surface area contributed by atoms with Gasteiger partial charge >= 0.3 is 6.18 Å². The van der Waals surface area contributed by atoms with E-state index in [9.17, 15) is 13.2 Å². The normalized spacial score (nSPS) is 14.7. The number of benzene rings is 1. The van der Waals surface area contributed by atoms with Crippen LogP contribution in [0, 0.1) is 0 Å². The van der Waals surface area contributed by atoms with Gasteiger partial charge in [-0.1, -0.05) is 30.3 Å². The number of nitrogens with zero attached hydrogens (tertiary/aromatic N) is 3. The number of anilines is 2. The first-order valence-electron chi connectivity index (χ1n) is 8.72. The summed E-state index contributed by atoms with van der Waals surface area (Å²) in [5.41, 5.74) is 0.0204. The van der Waals surface area contributed by atoms with E-state index < -0.39 is 11.9 Å². The van der Waals surface area contributed by atoms with E-state index in [1.54, 1.807) is 0 Å². The van der Waals surface area contributed by atoms with Gasteiger partial charge in [-0.25, -0.2) is 4.98 Å². The van der Waals surface area contributed by atoms with Gasteiger partial charge in [0.1, 0.15) is 5.82 Å². The number of halogens is 3. The molecule has 1 aliphatic heterocycles. The number of hydrogen-bond acceptors (Lipinski definition) is 4. The van der Waals surface area contributed by atoms with E-state index in [2.05, 4.69) is 20.6 Å². The lowest BCUT2D eigenvalue weighted by Gasteiger charge is -2.28. The SMILES string of the molecule is FC(F)(F)c1cc(N2CCCCC2)nc(NC(=S)NCc2ccccc2)n1. The molecule has 1 fully saturated rings. The van der Waals surface area contributed by atoms with E-state index in [0.717, 1.165) is 30.9 Å². The van der Waals surface area contributed by atoms with Crippen LogP contribution in [0.25, 0.3) is 0 Å². The molecule has 0 saturated carbocycles. The zero-order chi connectivity index (χ0) is 19.3. The summed E-state index contributed by atoms with van der Waals surface area (Å²) in [6.07, 6.45) is -1.61. The molecule has 0 bridgehead atoms. The molecule has 5 nitrogen and oxygen atoms in total. The molecule has 2 N–H and O–H groups in total. The van der Waals surface area contributed by atoms with E-state index in [1.807, 2.05) is 35.2 Å². The Balaban J connectivity index is 1.73. The first-order valence-corrected chi connectivity index (χ1v) is 9.12. The van der Waals surface area contributed by atoms with Crippen LogP contribution in [0.4, 0.5) is 24.9 Å². The second kappa shape index (κ2) is 8.51. The molecule has 144 valence electrons. The molecule has 1 aromatic heterocycles. The third kappa shape index (κ3) is 5.53. The largest absolute Gasteiger partial charge is 0.433 e. The zero-order valence-electron chi connectivity index (χ0n) is 14.6. The average molecular weight is 395 g/mol. The molecular formula is C18H20F3N5S. The van der Waals surface area contributed by atoms with Crippen LogP contribution < -0.4 is 15.5 Å². The standard InChI is InChI=1S/C18H20F3N5S/c19-18(20,21)14-11-15(26-9-5-2-6-10-26)24-16(23-14)25-17(27)22-12-13-7-3-1-4-8-13/h1,3-4,7-8,11H,2,5-6,9-10,12H2,(H2,22,23,24,25,27). The number of rotatable bonds is 4. The van der Waals surface area contributed by atoms with Crippen molar-refractivity contribution in [2.75, 3.05) is 23.3 Å². The average Bonchev–Trinajstić information content (AvgIpc) is 2.67. The van der Waals surface area contributed by atoms with Crippen LogP contribution in [0.1, 0.15) is 30.5 Å². The molecule has 0 atom stereocenters. The van der Waals surface area contributed by atoms with Gasteiger partial charge in [-0.2, -0.15) is 18.2 Å². The van der Waals surface area contributed by atoms with Crippen molar-refractivity contribution >= 4 is 29.1 Å².